The second-order valence-electron chi connectivity index (χ2n) is 16.3. The second-order valence-corrected chi connectivity index (χ2v) is 16.3. The van der Waals surface area contributed by atoms with Gasteiger partial charge in [0.15, 0.2) is 11.6 Å². The SMILES string of the molecule is c1ccc(-c2ccc(-c3nc(-c4ccccc4)nc(-n4c5ccccc5c5c(-c6cccc7c6-c6ccccc6C76c7ccccc7-c7ccccc76)cccc54)n3)cc2)cc1. The number of hydrogen-bond acceptors (Lipinski definition) is 3. The largest absolute Gasteiger partial charge is 0.278 e. The van der Waals surface area contributed by atoms with Crippen molar-refractivity contribution in [1.29, 1.82) is 0 Å². The maximum Gasteiger partial charge on any atom is 0.238 e. The second kappa shape index (κ2) is 13.4. The summed E-state index contributed by atoms with van der Waals surface area (Å²) in [7, 11) is 0. The van der Waals surface area contributed by atoms with Crippen LogP contribution in [0.1, 0.15) is 22.3 Å². The number of fused-ring (bicyclic) bond motifs is 13. The maximum absolute atomic E-state index is 5.30. The van der Waals surface area contributed by atoms with Crippen LogP contribution in [0.5, 0.6) is 0 Å². The van der Waals surface area contributed by atoms with Crippen LogP contribution in [0.2, 0.25) is 0 Å². The van der Waals surface area contributed by atoms with E-state index in [2.05, 4.69) is 199 Å². The quantitative estimate of drug-likeness (QED) is 0.174. The summed E-state index contributed by atoms with van der Waals surface area (Å²) in [6.45, 7) is 0. The first-order valence-corrected chi connectivity index (χ1v) is 21.2. The third-order valence-corrected chi connectivity index (χ3v) is 13.1. The molecule has 2 heterocycles. The maximum atomic E-state index is 5.30. The fourth-order valence-corrected chi connectivity index (χ4v) is 10.6. The van der Waals surface area contributed by atoms with E-state index in [0.29, 0.717) is 17.6 Å². The van der Waals surface area contributed by atoms with Gasteiger partial charge in [0.05, 0.1) is 16.4 Å². The van der Waals surface area contributed by atoms with Gasteiger partial charge in [0.1, 0.15) is 0 Å². The molecular formula is C58H36N4. The first kappa shape index (κ1) is 34.6. The van der Waals surface area contributed by atoms with Crippen LogP contribution in [0.15, 0.2) is 218 Å². The number of benzene rings is 9. The lowest BCUT2D eigenvalue weighted by Crippen LogP contribution is -2.25. The topological polar surface area (TPSA) is 43.6 Å². The molecule has 4 nitrogen and oxygen atoms in total. The highest BCUT2D eigenvalue weighted by atomic mass is 15.2. The van der Waals surface area contributed by atoms with E-state index in [-0.39, 0.29) is 0 Å². The third kappa shape index (κ3) is 4.86. The molecular weight excluding hydrogens is 753 g/mol. The van der Waals surface area contributed by atoms with Gasteiger partial charge in [0.25, 0.3) is 0 Å². The third-order valence-electron chi connectivity index (χ3n) is 13.1. The molecule has 9 aromatic carbocycles. The van der Waals surface area contributed by atoms with Crippen LogP contribution in [0.4, 0.5) is 0 Å². The van der Waals surface area contributed by atoms with Crippen LogP contribution in [0.25, 0.3) is 95.0 Å². The van der Waals surface area contributed by atoms with Crippen molar-refractivity contribution in [2.45, 2.75) is 5.41 Å². The molecule has 2 aliphatic carbocycles. The lowest BCUT2D eigenvalue weighted by atomic mass is 9.70. The van der Waals surface area contributed by atoms with Gasteiger partial charge in [-0.15, -0.1) is 0 Å². The first-order chi connectivity index (χ1) is 30.8. The van der Waals surface area contributed by atoms with Crippen molar-refractivity contribution >= 4 is 21.8 Å². The molecule has 0 bridgehead atoms. The average Bonchev–Trinajstić information content (AvgIpc) is 3.97. The van der Waals surface area contributed by atoms with E-state index in [4.69, 9.17) is 15.0 Å². The molecule has 0 atom stereocenters. The predicted octanol–water partition coefficient (Wildman–Crippen LogP) is 14.0. The normalized spacial score (nSPS) is 13.0. The molecule has 13 rings (SSSR count). The molecule has 0 N–H and O–H groups in total. The first-order valence-electron chi connectivity index (χ1n) is 21.2. The van der Waals surface area contributed by atoms with Gasteiger partial charge < -0.3 is 0 Å². The van der Waals surface area contributed by atoms with E-state index in [0.717, 1.165) is 38.5 Å². The smallest absolute Gasteiger partial charge is 0.238 e. The molecule has 0 unspecified atom stereocenters. The van der Waals surface area contributed by atoms with E-state index in [1.54, 1.807) is 0 Å². The molecule has 62 heavy (non-hydrogen) atoms. The van der Waals surface area contributed by atoms with E-state index < -0.39 is 5.41 Å². The van der Waals surface area contributed by atoms with Crippen molar-refractivity contribution in [3.63, 3.8) is 0 Å². The van der Waals surface area contributed by atoms with Gasteiger partial charge in [-0.1, -0.05) is 206 Å². The Morgan fingerprint density at radius 2 is 0.758 bits per heavy atom. The summed E-state index contributed by atoms with van der Waals surface area (Å²) in [6, 6.07) is 78.5. The van der Waals surface area contributed by atoms with Crippen molar-refractivity contribution in [3.05, 3.63) is 241 Å². The molecule has 0 amide bonds. The highest BCUT2D eigenvalue weighted by Crippen LogP contribution is 2.64. The van der Waals surface area contributed by atoms with Gasteiger partial charge in [-0.3, -0.25) is 4.57 Å². The summed E-state index contributed by atoms with van der Waals surface area (Å²) in [5.74, 6) is 1.82. The lowest BCUT2D eigenvalue weighted by Gasteiger charge is -2.30. The van der Waals surface area contributed by atoms with Gasteiger partial charge in [0, 0.05) is 21.9 Å². The molecule has 0 fully saturated rings. The standard InChI is InChI=1S/C58H36N4/c1-3-17-37(18-4-1)38-33-35-40(36-34-38)56-59-55(39-19-5-2-6-20-39)60-57(61-56)62-51-31-14-10-24-46(51)54-44(26-16-32-52(54)62)43-25-15-30-50-53(43)45-23-9-13-29-49(45)58(50)47-27-11-7-21-41(47)42-22-8-12-28-48(42)58/h1-36H. The monoisotopic (exact) mass is 788 g/mol. The summed E-state index contributed by atoms with van der Waals surface area (Å²) < 4.78 is 2.23. The van der Waals surface area contributed by atoms with Crippen LogP contribution in [0, 0.1) is 0 Å². The lowest BCUT2D eigenvalue weighted by molar-refractivity contribution is 0.794. The zero-order valence-electron chi connectivity index (χ0n) is 33.6. The van der Waals surface area contributed by atoms with Crippen LogP contribution >= 0.6 is 0 Å². The minimum atomic E-state index is -0.425. The Morgan fingerprint density at radius 1 is 0.306 bits per heavy atom. The van der Waals surface area contributed by atoms with Crippen LogP contribution in [-0.4, -0.2) is 19.5 Å². The highest BCUT2D eigenvalue weighted by molar-refractivity contribution is 6.17. The summed E-state index contributed by atoms with van der Waals surface area (Å²) in [5, 5.41) is 2.31. The average molecular weight is 789 g/mol. The van der Waals surface area contributed by atoms with Crippen molar-refractivity contribution in [1.82, 2.24) is 19.5 Å². The molecule has 288 valence electrons. The zero-order chi connectivity index (χ0) is 40.8. The predicted molar refractivity (Wildman–Crippen MR) is 252 cm³/mol. The van der Waals surface area contributed by atoms with Gasteiger partial charge in [-0.05, 0) is 78.9 Å². The zero-order valence-corrected chi connectivity index (χ0v) is 33.6. The molecule has 4 heteroatoms. The van der Waals surface area contributed by atoms with Crippen molar-refractivity contribution in [2.24, 2.45) is 0 Å². The van der Waals surface area contributed by atoms with Gasteiger partial charge in [-0.2, -0.15) is 9.97 Å². The minimum Gasteiger partial charge on any atom is -0.278 e. The van der Waals surface area contributed by atoms with Crippen LogP contribution in [-0.2, 0) is 5.41 Å². The van der Waals surface area contributed by atoms with Gasteiger partial charge in [0.2, 0.25) is 5.95 Å². The Hall–Kier alpha value is -8.21. The molecule has 2 aromatic heterocycles. The summed E-state index contributed by atoms with van der Waals surface area (Å²) in [6.07, 6.45) is 0. The molecule has 11 aromatic rings. The van der Waals surface area contributed by atoms with Crippen LogP contribution < -0.4 is 0 Å². The number of rotatable bonds is 5. The Morgan fingerprint density at radius 3 is 1.45 bits per heavy atom. The van der Waals surface area contributed by atoms with Crippen molar-refractivity contribution in [3.8, 4) is 73.2 Å². The summed E-state index contributed by atoms with van der Waals surface area (Å²) in [4.78, 5) is 15.7. The summed E-state index contributed by atoms with van der Waals surface area (Å²) in [5.41, 5.74) is 18.7. The van der Waals surface area contributed by atoms with Gasteiger partial charge in [-0.25, -0.2) is 4.98 Å². The fraction of sp³-hybridized carbons (Fsp3) is 0.0172. The Labute approximate surface area is 359 Å². The summed E-state index contributed by atoms with van der Waals surface area (Å²) >= 11 is 0. The molecule has 0 radical (unpaired) electrons. The van der Waals surface area contributed by atoms with Gasteiger partial charge >= 0.3 is 0 Å². The van der Waals surface area contributed by atoms with Crippen molar-refractivity contribution < 1.29 is 0 Å². The van der Waals surface area contributed by atoms with E-state index in [1.165, 1.54) is 61.2 Å². The number of aromatic nitrogens is 4. The number of hydrogen-bond donors (Lipinski definition) is 0. The van der Waals surface area contributed by atoms with E-state index >= 15 is 0 Å². The minimum absolute atomic E-state index is 0.425. The molecule has 1 spiro atoms. The van der Waals surface area contributed by atoms with Crippen LogP contribution in [0.3, 0.4) is 0 Å². The Kier molecular flexibility index (Phi) is 7.49. The molecule has 0 aliphatic heterocycles. The molecule has 0 saturated heterocycles. The Balaban J connectivity index is 1.05. The number of nitrogens with zero attached hydrogens (tertiary/aromatic N) is 4. The molecule has 2 aliphatic rings. The Bertz CT molecular complexity index is 3520. The fourth-order valence-electron chi connectivity index (χ4n) is 10.6. The van der Waals surface area contributed by atoms with E-state index in [1.807, 2.05) is 24.3 Å². The van der Waals surface area contributed by atoms with Crippen molar-refractivity contribution in [2.75, 3.05) is 0 Å². The number of para-hydroxylation sites is 1. The van der Waals surface area contributed by atoms with E-state index in [9.17, 15) is 0 Å². The molecule has 0 saturated carbocycles. The highest BCUT2D eigenvalue weighted by Gasteiger charge is 2.52.